The molecular formula is C27H26N2O4. The highest BCUT2D eigenvalue weighted by atomic mass is 16.5. The molecule has 6 heteroatoms. The third-order valence-corrected chi connectivity index (χ3v) is 5.73. The van der Waals surface area contributed by atoms with Gasteiger partial charge in [0.2, 0.25) is 5.91 Å². The molecule has 3 aromatic carbocycles. The van der Waals surface area contributed by atoms with Crippen LogP contribution in [-0.2, 0) is 29.0 Å². The van der Waals surface area contributed by atoms with E-state index in [0.29, 0.717) is 37.2 Å². The maximum atomic E-state index is 13.3. The normalized spacial score (nSPS) is 13.4. The minimum atomic E-state index is -0.633. The van der Waals surface area contributed by atoms with Crippen molar-refractivity contribution >= 4 is 17.8 Å². The number of benzene rings is 3. The van der Waals surface area contributed by atoms with E-state index >= 15 is 0 Å². The van der Waals surface area contributed by atoms with Crippen LogP contribution in [0.5, 0.6) is 0 Å². The van der Waals surface area contributed by atoms with Gasteiger partial charge in [-0.2, -0.15) is 0 Å². The third-order valence-electron chi connectivity index (χ3n) is 5.73. The Morgan fingerprint density at radius 2 is 1.64 bits per heavy atom. The average molecular weight is 443 g/mol. The Kier molecular flexibility index (Phi) is 6.83. The van der Waals surface area contributed by atoms with Gasteiger partial charge in [-0.25, -0.2) is 4.79 Å². The molecule has 0 fully saturated rings. The van der Waals surface area contributed by atoms with Gasteiger partial charge in [0.25, 0.3) is 5.91 Å². The Balaban J connectivity index is 1.48. The average Bonchev–Trinajstić information content (AvgIpc) is 3.18. The molecule has 0 bridgehead atoms. The number of amides is 2. The summed E-state index contributed by atoms with van der Waals surface area (Å²) in [7, 11) is 0. The first-order valence-electron chi connectivity index (χ1n) is 11.0. The van der Waals surface area contributed by atoms with E-state index in [2.05, 4.69) is 5.32 Å². The molecule has 0 radical (unpaired) electrons. The van der Waals surface area contributed by atoms with E-state index < -0.39 is 6.04 Å². The molecule has 6 nitrogen and oxygen atoms in total. The summed E-state index contributed by atoms with van der Waals surface area (Å²) in [5.74, 6) is -0.710. The number of rotatable bonds is 8. The van der Waals surface area contributed by atoms with Crippen LogP contribution in [0.2, 0.25) is 0 Å². The minimum Gasteiger partial charge on any atom is -0.462 e. The topological polar surface area (TPSA) is 75.7 Å². The van der Waals surface area contributed by atoms with E-state index in [4.69, 9.17) is 4.74 Å². The van der Waals surface area contributed by atoms with Crippen molar-refractivity contribution in [2.24, 2.45) is 0 Å². The number of fused-ring (bicyclic) bond motifs is 1. The molecule has 1 aliphatic rings. The first-order valence-corrected chi connectivity index (χ1v) is 11.0. The van der Waals surface area contributed by atoms with Gasteiger partial charge in [0, 0.05) is 25.1 Å². The second-order valence-electron chi connectivity index (χ2n) is 7.93. The molecule has 0 aliphatic carbocycles. The second kappa shape index (κ2) is 10.1. The Bertz CT molecular complexity index is 1140. The molecule has 1 heterocycles. The lowest BCUT2D eigenvalue weighted by atomic mass is 10.0. The van der Waals surface area contributed by atoms with Crippen LogP contribution in [0.15, 0.2) is 78.9 Å². The van der Waals surface area contributed by atoms with Crippen LogP contribution >= 0.6 is 0 Å². The second-order valence-corrected chi connectivity index (χ2v) is 7.93. The van der Waals surface area contributed by atoms with E-state index in [1.165, 1.54) is 0 Å². The minimum absolute atomic E-state index is 0.125. The van der Waals surface area contributed by atoms with Crippen LogP contribution in [-0.4, -0.2) is 35.3 Å². The molecule has 4 rings (SSSR count). The Hall–Kier alpha value is -3.93. The molecule has 0 spiro atoms. The molecule has 0 unspecified atom stereocenters. The van der Waals surface area contributed by atoms with Crippen molar-refractivity contribution in [2.45, 2.75) is 32.5 Å². The van der Waals surface area contributed by atoms with E-state index in [1.807, 2.05) is 48.5 Å². The van der Waals surface area contributed by atoms with Gasteiger partial charge in [0.15, 0.2) is 0 Å². The SMILES string of the molecule is CCOC(=O)c1ccc(CNC(=O)[C@H](Cc2ccccc2)N2Cc3ccccc3C2=O)cc1. The van der Waals surface area contributed by atoms with E-state index in [9.17, 15) is 14.4 Å². The highest BCUT2D eigenvalue weighted by Gasteiger charge is 2.36. The summed E-state index contributed by atoms with van der Waals surface area (Å²) in [5.41, 5.74) is 3.89. The summed E-state index contributed by atoms with van der Waals surface area (Å²) in [6.45, 7) is 2.78. The fraction of sp³-hybridized carbons (Fsp3) is 0.222. The summed E-state index contributed by atoms with van der Waals surface area (Å²) in [6.07, 6.45) is 0.425. The molecule has 3 aromatic rings. The monoisotopic (exact) mass is 442 g/mol. The maximum Gasteiger partial charge on any atom is 0.338 e. The van der Waals surface area contributed by atoms with Crippen molar-refractivity contribution in [1.29, 1.82) is 0 Å². The number of hydrogen-bond donors (Lipinski definition) is 1. The number of nitrogens with zero attached hydrogens (tertiary/aromatic N) is 1. The van der Waals surface area contributed by atoms with Crippen molar-refractivity contribution in [3.63, 3.8) is 0 Å². The lowest BCUT2D eigenvalue weighted by molar-refractivity contribution is -0.125. The van der Waals surface area contributed by atoms with Gasteiger partial charge in [0.05, 0.1) is 12.2 Å². The van der Waals surface area contributed by atoms with Crippen LogP contribution in [0, 0.1) is 0 Å². The number of nitrogens with one attached hydrogen (secondary N) is 1. The molecule has 2 amide bonds. The number of ether oxygens (including phenoxy) is 1. The number of carbonyl (C=O) groups is 3. The van der Waals surface area contributed by atoms with E-state index in [1.54, 1.807) is 42.2 Å². The van der Waals surface area contributed by atoms with Gasteiger partial charge in [-0.15, -0.1) is 0 Å². The number of carbonyl (C=O) groups excluding carboxylic acids is 3. The number of esters is 1. The summed E-state index contributed by atoms with van der Waals surface area (Å²) in [4.78, 5) is 39.8. The molecule has 1 N–H and O–H groups in total. The predicted molar refractivity (Wildman–Crippen MR) is 124 cm³/mol. The van der Waals surface area contributed by atoms with Crippen molar-refractivity contribution in [1.82, 2.24) is 10.2 Å². The van der Waals surface area contributed by atoms with E-state index in [-0.39, 0.29) is 17.8 Å². The van der Waals surface area contributed by atoms with Gasteiger partial charge >= 0.3 is 5.97 Å². The van der Waals surface area contributed by atoms with Gasteiger partial charge < -0.3 is 15.0 Å². The largest absolute Gasteiger partial charge is 0.462 e. The van der Waals surface area contributed by atoms with Crippen molar-refractivity contribution in [3.8, 4) is 0 Å². The summed E-state index contributed by atoms with van der Waals surface area (Å²) >= 11 is 0. The van der Waals surface area contributed by atoms with Crippen LogP contribution < -0.4 is 5.32 Å². The highest BCUT2D eigenvalue weighted by Crippen LogP contribution is 2.26. The molecule has 33 heavy (non-hydrogen) atoms. The zero-order valence-corrected chi connectivity index (χ0v) is 18.5. The summed E-state index contributed by atoms with van der Waals surface area (Å²) < 4.78 is 5.00. The van der Waals surface area contributed by atoms with Crippen molar-refractivity contribution < 1.29 is 19.1 Å². The van der Waals surface area contributed by atoms with Gasteiger partial charge in [-0.05, 0) is 41.8 Å². The standard InChI is InChI=1S/C27H26N2O4/c1-2-33-27(32)21-14-12-20(13-15-21)17-28-25(30)24(16-19-8-4-3-5-9-19)29-18-22-10-6-7-11-23(22)26(29)31/h3-15,24H,2,16-18H2,1H3,(H,28,30)/t24-/m0/s1. The van der Waals surface area contributed by atoms with Crippen LogP contribution in [0.3, 0.4) is 0 Å². The predicted octanol–water partition coefficient (Wildman–Crippen LogP) is 3.75. The lowest BCUT2D eigenvalue weighted by Crippen LogP contribution is -2.48. The van der Waals surface area contributed by atoms with Crippen molar-refractivity contribution in [2.75, 3.05) is 6.61 Å². The zero-order chi connectivity index (χ0) is 23.2. The van der Waals surface area contributed by atoms with Crippen LogP contribution in [0.4, 0.5) is 0 Å². The first-order chi connectivity index (χ1) is 16.1. The molecule has 168 valence electrons. The van der Waals surface area contributed by atoms with Gasteiger partial charge in [-0.3, -0.25) is 9.59 Å². The summed E-state index contributed by atoms with van der Waals surface area (Å²) in [6, 6.07) is 23.5. The highest BCUT2D eigenvalue weighted by molar-refractivity contribution is 6.01. The number of hydrogen-bond acceptors (Lipinski definition) is 4. The fourth-order valence-electron chi connectivity index (χ4n) is 3.99. The molecule has 0 saturated heterocycles. The van der Waals surface area contributed by atoms with Gasteiger partial charge in [0.1, 0.15) is 6.04 Å². The Labute approximate surface area is 193 Å². The third kappa shape index (κ3) is 5.12. The van der Waals surface area contributed by atoms with Crippen LogP contribution in [0.25, 0.3) is 0 Å². The lowest BCUT2D eigenvalue weighted by Gasteiger charge is -2.27. The molecule has 1 atom stereocenters. The zero-order valence-electron chi connectivity index (χ0n) is 18.5. The molecule has 0 aromatic heterocycles. The Morgan fingerprint density at radius 1 is 0.939 bits per heavy atom. The quantitative estimate of drug-likeness (QED) is 0.539. The Morgan fingerprint density at radius 3 is 2.33 bits per heavy atom. The maximum absolute atomic E-state index is 13.3. The van der Waals surface area contributed by atoms with Crippen LogP contribution in [0.1, 0.15) is 44.3 Å². The van der Waals surface area contributed by atoms with E-state index in [0.717, 1.165) is 16.7 Å². The summed E-state index contributed by atoms with van der Waals surface area (Å²) in [5, 5.41) is 2.97. The molecule has 1 aliphatic heterocycles. The first kappa shape index (κ1) is 22.3. The van der Waals surface area contributed by atoms with Gasteiger partial charge in [-0.1, -0.05) is 60.7 Å². The fourth-order valence-corrected chi connectivity index (χ4v) is 3.99. The molecular weight excluding hydrogens is 416 g/mol. The smallest absolute Gasteiger partial charge is 0.338 e. The molecule has 0 saturated carbocycles. The van der Waals surface area contributed by atoms with Crippen molar-refractivity contribution in [3.05, 3.63) is 107 Å².